The Kier molecular flexibility index (Phi) is 4.88. The molecule has 0 atom stereocenters. The number of furan rings is 1. The summed E-state index contributed by atoms with van der Waals surface area (Å²) in [6.45, 7) is 4.69. The fourth-order valence-electron chi connectivity index (χ4n) is 3.19. The number of carbonyl (C=O) groups excluding carboxylic acids is 1. The molecule has 6 heteroatoms. The molecule has 0 aliphatic carbocycles. The molecular formula is C22H20N2O3S. The van der Waals surface area contributed by atoms with Crippen molar-refractivity contribution >= 4 is 28.1 Å². The molecule has 0 radical (unpaired) electrons. The van der Waals surface area contributed by atoms with Crippen molar-refractivity contribution in [3.05, 3.63) is 91.8 Å². The summed E-state index contributed by atoms with van der Waals surface area (Å²) in [6.07, 6.45) is 1.48. The molecule has 0 aliphatic heterocycles. The second-order valence-electron chi connectivity index (χ2n) is 6.87. The number of carbonyl (C=O) groups is 1. The van der Waals surface area contributed by atoms with Crippen LogP contribution in [0.1, 0.15) is 32.1 Å². The quantitative estimate of drug-likeness (QED) is 0.538. The molecule has 0 saturated carbocycles. The average molecular weight is 392 g/mol. The van der Waals surface area contributed by atoms with Gasteiger partial charge in [0.05, 0.1) is 19.4 Å². The van der Waals surface area contributed by atoms with Crippen LogP contribution in [-0.4, -0.2) is 15.8 Å². The maximum absolute atomic E-state index is 12.9. The van der Waals surface area contributed by atoms with Crippen LogP contribution in [-0.2, 0) is 13.1 Å². The standard InChI is InChI=1S/C22H20N2O3S/c1-14-9-16-11-17(21(25)23-19(16)10-15(14)2)12-24(13-18-5-4-8-28-18)22(26)20-6-3-7-27-20/h3-11H,12-13H2,1-2H3,(H,23,25). The number of nitrogens with one attached hydrogen (secondary N) is 1. The number of aromatic amines is 1. The lowest BCUT2D eigenvalue weighted by molar-refractivity contribution is 0.0699. The molecule has 0 unspecified atom stereocenters. The van der Waals surface area contributed by atoms with Gasteiger partial charge in [-0.15, -0.1) is 11.3 Å². The van der Waals surface area contributed by atoms with E-state index in [1.54, 1.807) is 28.4 Å². The predicted molar refractivity (Wildman–Crippen MR) is 111 cm³/mol. The molecule has 3 heterocycles. The van der Waals surface area contributed by atoms with Crippen molar-refractivity contribution in [1.82, 2.24) is 9.88 Å². The molecule has 4 aromatic rings. The molecule has 0 bridgehead atoms. The van der Waals surface area contributed by atoms with E-state index in [0.29, 0.717) is 12.1 Å². The maximum atomic E-state index is 12.9. The van der Waals surface area contributed by atoms with Crippen molar-refractivity contribution < 1.29 is 9.21 Å². The second kappa shape index (κ2) is 7.48. The van der Waals surface area contributed by atoms with Crippen LogP contribution in [0.5, 0.6) is 0 Å². The topological polar surface area (TPSA) is 66.3 Å². The second-order valence-corrected chi connectivity index (χ2v) is 7.90. The zero-order chi connectivity index (χ0) is 19.7. The normalized spacial score (nSPS) is 11.1. The Morgan fingerprint density at radius 2 is 1.93 bits per heavy atom. The van der Waals surface area contributed by atoms with Gasteiger partial charge in [-0.05, 0) is 72.1 Å². The Balaban J connectivity index is 1.71. The minimum absolute atomic E-state index is 0.181. The number of hydrogen-bond acceptors (Lipinski definition) is 4. The predicted octanol–water partition coefficient (Wildman–Crippen LogP) is 4.64. The lowest BCUT2D eigenvalue weighted by Crippen LogP contribution is -2.32. The highest BCUT2D eigenvalue weighted by molar-refractivity contribution is 7.09. The van der Waals surface area contributed by atoms with Crippen molar-refractivity contribution in [3.8, 4) is 0 Å². The minimum atomic E-state index is -0.238. The van der Waals surface area contributed by atoms with Crippen LogP contribution in [0.15, 0.2) is 63.3 Å². The van der Waals surface area contributed by atoms with E-state index in [2.05, 4.69) is 11.1 Å². The van der Waals surface area contributed by atoms with Gasteiger partial charge in [0.1, 0.15) is 0 Å². The van der Waals surface area contributed by atoms with Gasteiger partial charge in [-0.3, -0.25) is 9.59 Å². The third-order valence-corrected chi connectivity index (χ3v) is 5.70. The van der Waals surface area contributed by atoms with Gasteiger partial charge in [-0.25, -0.2) is 0 Å². The minimum Gasteiger partial charge on any atom is -0.459 e. The molecule has 0 saturated heterocycles. The van der Waals surface area contributed by atoms with E-state index >= 15 is 0 Å². The van der Waals surface area contributed by atoms with Gasteiger partial charge in [0, 0.05) is 16.0 Å². The summed E-state index contributed by atoms with van der Waals surface area (Å²) < 4.78 is 5.29. The summed E-state index contributed by atoms with van der Waals surface area (Å²) >= 11 is 1.58. The fraction of sp³-hybridized carbons (Fsp3) is 0.182. The molecule has 0 fully saturated rings. The summed E-state index contributed by atoms with van der Waals surface area (Å²) in [5.41, 5.74) is 3.46. The summed E-state index contributed by atoms with van der Waals surface area (Å²) in [6, 6.07) is 13.2. The lowest BCUT2D eigenvalue weighted by atomic mass is 10.0. The fourth-order valence-corrected chi connectivity index (χ4v) is 3.91. The Morgan fingerprint density at radius 1 is 1.11 bits per heavy atom. The van der Waals surface area contributed by atoms with E-state index in [1.165, 1.54) is 6.26 Å². The summed E-state index contributed by atoms with van der Waals surface area (Å²) in [5.74, 6) is 0.0261. The first-order valence-corrected chi connectivity index (χ1v) is 9.87. The van der Waals surface area contributed by atoms with E-state index in [4.69, 9.17) is 4.42 Å². The third kappa shape index (κ3) is 3.64. The molecule has 1 aromatic carbocycles. The maximum Gasteiger partial charge on any atom is 0.290 e. The number of benzene rings is 1. The van der Waals surface area contributed by atoms with Gasteiger partial charge in [0.25, 0.3) is 11.5 Å². The SMILES string of the molecule is Cc1cc2cc(CN(Cc3cccs3)C(=O)c3ccco3)c(=O)[nH]c2cc1C. The molecule has 4 rings (SSSR count). The molecule has 0 aliphatic rings. The lowest BCUT2D eigenvalue weighted by Gasteiger charge is -2.21. The van der Waals surface area contributed by atoms with Gasteiger partial charge in [0.15, 0.2) is 5.76 Å². The van der Waals surface area contributed by atoms with Crippen LogP contribution in [0.2, 0.25) is 0 Å². The highest BCUT2D eigenvalue weighted by Crippen LogP contribution is 2.20. The van der Waals surface area contributed by atoms with E-state index in [9.17, 15) is 9.59 Å². The number of pyridine rings is 1. The van der Waals surface area contributed by atoms with Gasteiger partial charge < -0.3 is 14.3 Å². The third-order valence-electron chi connectivity index (χ3n) is 4.84. The van der Waals surface area contributed by atoms with Crippen LogP contribution in [0.4, 0.5) is 0 Å². The first-order valence-electron chi connectivity index (χ1n) is 8.99. The molecule has 142 valence electrons. The molecule has 3 aromatic heterocycles. The highest BCUT2D eigenvalue weighted by atomic mass is 32.1. The Labute approximate surface area is 166 Å². The van der Waals surface area contributed by atoms with Crippen molar-refractivity contribution in [2.24, 2.45) is 0 Å². The van der Waals surface area contributed by atoms with Gasteiger partial charge in [-0.2, -0.15) is 0 Å². The molecule has 1 amide bonds. The van der Waals surface area contributed by atoms with Gasteiger partial charge in [0.2, 0.25) is 0 Å². The number of nitrogens with zero attached hydrogens (tertiary/aromatic N) is 1. The number of thiophene rings is 1. The van der Waals surface area contributed by atoms with E-state index in [0.717, 1.165) is 26.9 Å². The molecule has 0 spiro atoms. The van der Waals surface area contributed by atoms with Crippen molar-refractivity contribution in [1.29, 1.82) is 0 Å². The molecular weight excluding hydrogens is 372 g/mol. The van der Waals surface area contributed by atoms with Crippen molar-refractivity contribution in [2.45, 2.75) is 26.9 Å². The number of aromatic nitrogens is 1. The number of amides is 1. The monoisotopic (exact) mass is 392 g/mol. The summed E-state index contributed by atoms with van der Waals surface area (Å²) in [4.78, 5) is 31.2. The van der Waals surface area contributed by atoms with Crippen LogP contribution in [0.3, 0.4) is 0 Å². The first-order chi connectivity index (χ1) is 13.5. The van der Waals surface area contributed by atoms with Crippen LogP contribution in [0, 0.1) is 13.8 Å². The number of aryl methyl sites for hydroxylation is 2. The highest BCUT2D eigenvalue weighted by Gasteiger charge is 2.21. The zero-order valence-corrected chi connectivity index (χ0v) is 16.5. The zero-order valence-electron chi connectivity index (χ0n) is 15.7. The van der Waals surface area contributed by atoms with Crippen LogP contribution < -0.4 is 5.56 Å². The number of rotatable bonds is 5. The van der Waals surface area contributed by atoms with Crippen molar-refractivity contribution in [2.75, 3.05) is 0 Å². The number of hydrogen-bond donors (Lipinski definition) is 1. The smallest absolute Gasteiger partial charge is 0.290 e. The van der Waals surface area contributed by atoms with E-state index in [1.807, 2.05) is 43.5 Å². The Morgan fingerprint density at radius 3 is 2.64 bits per heavy atom. The number of fused-ring (bicyclic) bond motifs is 1. The first kappa shape index (κ1) is 18.3. The molecule has 28 heavy (non-hydrogen) atoms. The summed E-state index contributed by atoms with van der Waals surface area (Å²) in [7, 11) is 0. The van der Waals surface area contributed by atoms with E-state index < -0.39 is 0 Å². The summed E-state index contributed by atoms with van der Waals surface area (Å²) in [5, 5.41) is 2.93. The van der Waals surface area contributed by atoms with E-state index in [-0.39, 0.29) is 23.8 Å². The van der Waals surface area contributed by atoms with Gasteiger partial charge in [-0.1, -0.05) is 6.07 Å². The Bertz CT molecular complexity index is 1170. The van der Waals surface area contributed by atoms with Gasteiger partial charge >= 0.3 is 0 Å². The Hall–Kier alpha value is -3.12. The molecule has 1 N–H and O–H groups in total. The largest absolute Gasteiger partial charge is 0.459 e. The average Bonchev–Trinajstić information content (AvgIpc) is 3.37. The van der Waals surface area contributed by atoms with Crippen molar-refractivity contribution in [3.63, 3.8) is 0 Å². The number of H-pyrrole nitrogens is 1. The van der Waals surface area contributed by atoms with Crippen LogP contribution >= 0.6 is 11.3 Å². The molecule has 5 nitrogen and oxygen atoms in total. The van der Waals surface area contributed by atoms with Crippen LogP contribution in [0.25, 0.3) is 10.9 Å².